The van der Waals surface area contributed by atoms with Crippen molar-refractivity contribution in [2.75, 3.05) is 6.61 Å². The van der Waals surface area contributed by atoms with Gasteiger partial charge in [-0.3, -0.25) is 10.1 Å². The molecule has 0 amide bonds. The Labute approximate surface area is 204 Å². The summed E-state index contributed by atoms with van der Waals surface area (Å²) in [6.07, 6.45) is 3.62. The summed E-state index contributed by atoms with van der Waals surface area (Å²) in [5, 5.41) is 11.2. The molecule has 7 nitrogen and oxygen atoms in total. The molecule has 0 radical (unpaired) electrons. The summed E-state index contributed by atoms with van der Waals surface area (Å²) in [7, 11) is 0. The number of cyclic esters (lactones) is 1. The fourth-order valence-corrected chi connectivity index (χ4v) is 4.92. The molecule has 0 saturated heterocycles. The van der Waals surface area contributed by atoms with Crippen LogP contribution >= 0.6 is 56.8 Å². The molecule has 0 atom stereocenters. The molecule has 0 aliphatic carbocycles. The highest BCUT2D eigenvalue weighted by Crippen LogP contribution is 2.31. The number of nitro groups is 1. The number of hydrogen-bond acceptors (Lipinski definition) is 6. The molecule has 1 heterocycles. The molecular formula is C20H15ClI2N2O5. The van der Waals surface area contributed by atoms with Crippen molar-refractivity contribution >= 4 is 80.4 Å². The molecule has 156 valence electrons. The maximum atomic E-state index is 12.3. The average Bonchev–Trinajstić information content (AvgIpc) is 3.04. The van der Waals surface area contributed by atoms with Crippen molar-refractivity contribution in [3.63, 3.8) is 0 Å². The third-order valence-electron chi connectivity index (χ3n) is 4.08. The van der Waals surface area contributed by atoms with Crippen LogP contribution in [0, 0.1) is 17.3 Å². The SMILES string of the molecule is CCCCOc1c(I)cc(/C=C2\N=C(c3cc([N+](=O)[O-])ccc3Cl)OC2=O)cc1I. The highest BCUT2D eigenvalue weighted by Gasteiger charge is 2.27. The number of halogens is 3. The molecule has 0 N–H and O–H groups in total. The van der Waals surface area contributed by atoms with Crippen molar-refractivity contribution in [2.45, 2.75) is 19.8 Å². The molecule has 0 saturated carbocycles. The molecule has 0 fully saturated rings. The number of carbonyl (C=O) groups excluding carboxylic acids is 1. The first-order chi connectivity index (χ1) is 14.3. The van der Waals surface area contributed by atoms with Crippen LogP contribution in [0.4, 0.5) is 5.69 Å². The fourth-order valence-electron chi connectivity index (χ4n) is 2.59. The van der Waals surface area contributed by atoms with Crippen LogP contribution in [0.2, 0.25) is 5.02 Å². The minimum absolute atomic E-state index is 0.0659. The Morgan fingerprint density at radius 2 is 1.97 bits per heavy atom. The Hall–Kier alpha value is -1.73. The molecular weight excluding hydrogens is 637 g/mol. The van der Waals surface area contributed by atoms with Gasteiger partial charge >= 0.3 is 5.97 Å². The van der Waals surface area contributed by atoms with E-state index in [1.807, 2.05) is 12.1 Å². The molecule has 1 aliphatic heterocycles. The maximum Gasteiger partial charge on any atom is 0.363 e. The summed E-state index contributed by atoms with van der Waals surface area (Å²) in [6, 6.07) is 7.64. The number of rotatable bonds is 7. The number of carbonyl (C=O) groups is 1. The number of benzene rings is 2. The first kappa shape index (κ1) is 22.9. The summed E-state index contributed by atoms with van der Waals surface area (Å²) in [6.45, 7) is 2.75. The predicted molar refractivity (Wildman–Crippen MR) is 131 cm³/mol. The molecule has 0 spiro atoms. The third-order valence-corrected chi connectivity index (χ3v) is 6.01. The van der Waals surface area contributed by atoms with E-state index in [2.05, 4.69) is 57.1 Å². The second kappa shape index (κ2) is 10.1. The molecule has 2 aromatic rings. The van der Waals surface area contributed by atoms with Crippen LogP contribution in [-0.2, 0) is 9.53 Å². The zero-order valence-electron chi connectivity index (χ0n) is 15.7. The van der Waals surface area contributed by atoms with Crippen LogP contribution in [0.3, 0.4) is 0 Å². The van der Waals surface area contributed by atoms with Gasteiger partial charge in [0.1, 0.15) is 5.75 Å². The van der Waals surface area contributed by atoms with E-state index in [0.29, 0.717) is 6.61 Å². The van der Waals surface area contributed by atoms with E-state index >= 15 is 0 Å². The van der Waals surface area contributed by atoms with Gasteiger partial charge in [0.2, 0.25) is 5.90 Å². The minimum Gasteiger partial charge on any atom is -0.491 e. The first-order valence-electron chi connectivity index (χ1n) is 8.89. The summed E-state index contributed by atoms with van der Waals surface area (Å²) < 4.78 is 12.9. The number of nitro benzene ring substituents is 1. The first-order valence-corrected chi connectivity index (χ1v) is 11.4. The second-order valence-electron chi connectivity index (χ2n) is 6.27. The zero-order chi connectivity index (χ0) is 21.8. The number of hydrogen-bond donors (Lipinski definition) is 0. The number of aliphatic imine (C=N–C) groups is 1. The second-order valence-corrected chi connectivity index (χ2v) is 9.00. The van der Waals surface area contributed by atoms with Crippen molar-refractivity contribution in [1.82, 2.24) is 0 Å². The van der Waals surface area contributed by atoms with Gasteiger partial charge in [0.05, 0.1) is 29.3 Å². The van der Waals surface area contributed by atoms with Gasteiger partial charge in [0.15, 0.2) is 5.70 Å². The Kier molecular flexibility index (Phi) is 7.69. The highest BCUT2D eigenvalue weighted by molar-refractivity contribution is 14.1. The Morgan fingerprint density at radius 1 is 1.27 bits per heavy atom. The van der Waals surface area contributed by atoms with Crippen LogP contribution in [0.1, 0.15) is 30.9 Å². The highest BCUT2D eigenvalue weighted by atomic mass is 127. The van der Waals surface area contributed by atoms with Gasteiger partial charge in [-0.25, -0.2) is 9.79 Å². The van der Waals surface area contributed by atoms with Crippen LogP contribution in [-0.4, -0.2) is 23.4 Å². The zero-order valence-corrected chi connectivity index (χ0v) is 20.7. The fraction of sp³-hybridized carbons (Fsp3) is 0.200. The Morgan fingerprint density at radius 3 is 2.60 bits per heavy atom. The molecule has 10 heteroatoms. The normalized spacial score (nSPS) is 14.6. The Bertz CT molecular complexity index is 1060. The molecule has 1 aliphatic rings. The van der Waals surface area contributed by atoms with Gasteiger partial charge in [-0.15, -0.1) is 0 Å². The van der Waals surface area contributed by atoms with Crippen LogP contribution in [0.15, 0.2) is 41.0 Å². The minimum atomic E-state index is -0.652. The monoisotopic (exact) mass is 652 g/mol. The van der Waals surface area contributed by atoms with E-state index in [0.717, 1.165) is 31.3 Å². The Balaban J connectivity index is 1.91. The molecule has 3 rings (SSSR count). The van der Waals surface area contributed by atoms with Gasteiger partial charge in [-0.1, -0.05) is 24.9 Å². The molecule has 30 heavy (non-hydrogen) atoms. The van der Waals surface area contributed by atoms with Gasteiger partial charge in [0.25, 0.3) is 5.69 Å². The number of ether oxygens (including phenoxy) is 2. The molecule has 0 bridgehead atoms. The van der Waals surface area contributed by atoms with Gasteiger partial charge in [0, 0.05) is 12.1 Å². The summed E-state index contributed by atoms with van der Waals surface area (Å²) in [5.41, 5.74) is 0.854. The smallest absolute Gasteiger partial charge is 0.363 e. The van der Waals surface area contributed by atoms with E-state index < -0.39 is 10.9 Å². The topological polar surface area (TPSA) is 91.0 Å². The van der Waals surface area contributed by atoms with Crippen molar-refractivity contribution in [2.24, 2.45) is 4.99 Å². The number of non-ortho nitro benzene ring substituents is 1. The number of esters is 1. The largest absolute Gasteiger partial charge is 0.491 e. The lowest BCUT2D eigenvalue weighted by Gasteiger charge is -2.11. The molecule has 0 unspecified atom stereocenters. The number of nitrogens with zero attached hydrogens (tertiary/aromatic N) is 2. The summed E-state index contributed by atoms with van der Waals surface area (Å²) in [4.78, 5) is 27.0. The van der Waals surface area contributed by atoms with Gasteiger partial charge < -0.3 is 9.47 Å². The standard InChI is InChI=1S/C20H15ClI2N2O5/c1-2-3-6-29-18-15(22)7-11(8-16(18)23)9-17-20(26)30-19(24-17)13-10-12(25(27)28)4-5-14(13)21/h4-5,7-10H,2-3,6H2,1H3/b17-9-. The van der Waals surface area contributed by atoms with Crippen LogP contribution in [0.5, 0.6) is 5.75 Å². The molecule has 0 aromatic heterocycles. The third kappa shape index (κ3) is 5.30. The van der Waals surface area contributed by atoms with E-state index in [9.17, 15) is 14.9 Å². The summed E-state index contributed by atoms with van der Waals surface area (Å²) in [5.74, 6) is 0.0955. The predicted octanol–water partition coefficient (Wildman–Crippen LogP) is 5.98. The number of unbranched alkanes of at least 4 members (excludes halogenated alkanes) is 1. The van der Waals surface area contributed by atoms with Crippen LogP contribution < -0.4 is 4.74 Å². The van der Waals surface area contributed by atoms with Gasteiger partial charge in [-0.2, -0.15) is 0 Å². The lowest BCUT2D eigenvalue weighted by atomic mass is 10.2. The summed E-state index contributed by atoms with van der Waals surface area (Å²) >= 11 is 10.5. The van der Waals surface area contributed by atoms with Gasteiger partial charge in [-0.05, 0) is 81.4 Å². The van der Waals surface area contributed by atoms with E-state index in [4.69, 9.17) is 21.1 Å². The van der Waals surface area contributed by atoms with E-state index in [1.54, 1.807) is 6.08 Å². The van der Waals surface area contributed by atoms with Crippen molar-refractivity contribution < 1.29 is 19.2 Å². The molecule has 2 aromatic carbocycles. The lowest BCUT2D eigenvalue weighted by Crippen LogP contribution is -2.06. The lowest BCUT2D eigenvalue weighted by molar-refractivity contribution is -0.384. The van der Waals surface area contributed by atoms with Crippen molar-refractivity contribution in [1.29, 1.82) is 0 Å². The quantitative estimate of drug-likeness (QED) is 0.0917. The van der Waals surface area contributed by atoms with E-state index in [1.165, 1.54) is 18.2 Å². The van der Waals surface area contributed by atoms with Crippen molar-refractivity contribution in [3.8, 4) is 5.75 Å². The average molecular weight is 653 g/mol. The maximum absolute atomic E-state index is 12.3. The van der Waals surface area contributed by atoms with Crippen LogP contribution in [0.25, 0.3) is 6.08 Å². The van der Waals surface area contributed by atoms with E-state index in [-0.39, 0.29) is 27.9 Å². The van der Waals surface area contributed by atoms with Crippen molar-refractivity contribution in [3.05, 3.63) is 69.4 Å².